The third kappa shape index (κ3) is 6.26. The van der Waals surface area contributed by atoms with E-state index < -0.39 is 16.1 Å². The molecule has 2 N–H and O–H groups in total. The van der Waals surface area contributed by atoms with Gasteiger partial charge >= 0.3 is 0 Å². The smallest absolute Gasteiger partial charge is 0.232 e. The maximum absolute atomic E-state index is 12.2. The van der Waals surface area contributed by atoms with Crippen molar-refractivity contribution in [1.82, 2.24) is 0 Å². The Morgan fingerprint density at radius 2 is 1.81 bits per heavy atom. The summed E-state index contributed by atoms with van der Waals surface area (Å²) in [5.41, 5.74) is 1.96. The summed E-state index contributed by atoms with van der Waals surface area (Å²) < 4.78 is 31.0. The van der Waals surface area contributed by atoms with Crippen LogP contribution in [0.4, 0.5) is 11.4 Å². The van der Waals surface area contributed by atoms with Crippen LogP contribution >= 0.6 is 0 Å². The number of aliphatic hydroxyl groups is 1. The molecule has 0 fully saturated rings. The lowest BCUT2D eigenvalue weighted by molar-refractivity contribution is -0.114. The second-order valence-electron chi connectivity index (χ2n) is 6.25. The Morgan fingerprint density at radius 3 is 2.37 bits per heavy atom. The lowest BCUT2D eigenvalue weighted by atomic mass is 10.2. The van der Waals surface area contributed by atoms with Gasteiger partial charge in [0.05, 0.1) is 18.5 Å². The highest BCUT2D eigenvalue weighted by atomic mass is 32.2. The summed E-state index contributed by atoms with van der Waals surface area (Å²) in [6.45, 7) is 3.04. The van der Waals surface area contributed by atoms with Crippen molar-refractivity contribution in [1.29, 1.82) is 0 Å². The van der Waals surface area contributed by atoms with Crippen LogP contribution < -0.4 is 14.4 Å². The van der Waals surface area contributed by atoms with Gasteiger partial charge in [0.15, 0.2) is 0 Å². The molecule has 0 spiro atoms. The van der Waals surface area contributed by atoms with Gasteiger partial charge in [-0.25, -0.2) is 8.42 Å². The predicted molar refractivity (Wildman–Crippen MR) is 106 cm³/mol. The van der Waals surface area contributed by atoms with Gasteiger partial charge in [-0.15, -0.1) is 0 Å². The molecule has 0 bridgehead atoms. The van der Waals surface area contributed by atoms with Gasteiger partial charge in [-0.2, -0.15) is 0 Å². The number of hydrogen-bond acceptors (Lipinski definition) is 5. The highest BCUT2D eigenvalue weighted by molar-refractivity contribution is 7.92. The SMILES string of the molecule is CC(=O)Nc1ccc(OCC(O)CN(c2ccccc2C)S(C)(=O)=O)cc1. The molecular formula is C19H24N2O5S. The zero-order valence-corrected chi connectivity index (χ0v) is 16.4. The number of ether oxygens (including phenoxy) is 1. The minimum atomic E-state index is -3.56. The molecule has 7 nitrogen and oxygen atoms in total. The summed E-state index contributed by atoms with van der Waals surface area (Å²) >= 11 is 0. The highest BCUT2D eigenvalue weighted by Crippen LogP contribution is 2.22. The molecule has 2 aromatic rings. The number of aliphatic hydroxyl groups excluding tert-OH is 1. The number of amides is 1. The van der Waals surface area contributed by atoms with Crippen LogP contribution in [-0.4, -0.2) is 44.9 Å². The molecule has 0 aromatic heterocycles. The Morgan fingerprint density at radius 1 is 1.19 bits per heavy atom. The first-order valence-electron chi connectivity index (χ1n) is 8.38. The first-order valence-corrected chi connectivity index (χ1v) is 10.2. The molecule has 146 valence electrons. The standard InChI is InChI=1S/C19H24N2O5S/c1-14-6-4-5-7-19(14)21(27(3,24)25)12-17(23)13-26-18-10-8-16(9-11-18)20-15(2)22/h4-11,17,23H,12-13H2,1-3H3,(H,20,22). The Hall–Kier alpha value is -2.58. The van der Waals surface area contributed by atoms with E-state index in [0.29, 0.717) is 17.1 Å². The van der Waals surface area contributed by atoms with E-state index >= 15 is 0 Å². The average molecular weight is 392 g/mol. The lowest BCUT2D eigenvalue weighted by Gasteiger charge is -2.26. The van der Waals surface area contributed by atoms with Gasteiger partial charge in [-0.3, -0.25) is 9.10 Å². The number of sulfonamides is 1. The van der Waals surface area contributed by atoms with E-state index in [1.54, 1.807) is 36.4 Å². The predicted octanol–water partition coefficient (Wildman–Crippen LogP) is 2.16. The molecule has 2 aromatic carbocycles. The minimum Gasteiger partial charge on any atom is -0.491 e. The molecule has 27 heavy (non-hydrogen) atoms. The number of rotatable bonds is 8. The second kappa shape index (κ2) is 8.88. The average Bonchev–Trinajstić information content (AvgIpc) is 2.58. The minimum absolute atomic E-state index is 0.0720. The monoisotopic (exact) mass is 392 g/mol. The van der Waals surface area contributed by atoms with Crippen LogP contribution in [0.1, 0.15) is 12.5 Å². The van der Waals surface area contributed by atoms with E-state index in [0.717, 1.165) is 11.8 Å². The zero-order valence-electron chi connectivity index (χ0n) is 15.5. The van der Waals surface area contributed by atoms with Crippen molar-refractivity contribution in [2.24, 2.45) is 0 Å². The summed E-state index contributed by atoms with van der Waals surface area (Å²) in [4.78, 5) is 11.0. The molecule has 1 amide bonds. The lowest BCUT2D eigenvalue weighted by Crippen LogP contribution is -2.39. The van der Waals surface area contributed by atoms with E-state index in [4.69, 9.17) is 4.74 Å². The van der Waals surface area contributed by atoms with Crippen LogP contribution in [0.25, 0.3) is 0 Å². The molecule has 0 saturated heterocycles. The summed E-state index contributed by atoms with van der Waals surface area (Å²) in [5, 5.41) is 12.9. The van der Waals surface area contributed by atoms with Crippen LogP contribution in [0.3, 0.4) is 0 Å². The van der Waals surface area contributed by atoms with Crippen LogP contribution in [0.15, 0.2) is 48.5 Å². The maximum atomic E-state index is 12.2. The molecule has 1 atom stereocenters. The topological polar surface area (TPSA) is 95.9 Å². The molecule has 0 saturated carbocycles. The summed E-state index contributed by atoms with van der Waals surface area (Å²) in [6, 6.07) is 13.8. The number of nitrogens with zero attached hydrogens (tertiary/aromatic N) is 1. The van der Waals surface area contributed by atoms with Crippen LogP contribution in [0, 0.1) is 6.92 Å². The van der Waals surface area contributed by atoms with E-state index in [1.807, 2.05) is 19.1 Å². The number of hydrogen-bond donors (Lipinski definition) is 2. The molecule has 0 aliphatic rings. The third-order valence-corrected chi connectivity index (χ3v) is 4.92. The Labute approximate surface area is 159 Å². The molecule has 0 radical (unpaired) electrons. The fourth-order valence-electron chi connectivity index (χ4n) is 2.53. The molecule has 1 unspecified atom stereocenters. The van der Waals surface area contributed by atoms with E-state index in [-0.39, 0.29) is 19.1 Å². The van der Waals surface area contributed by atoms with Gasteiger partial charge in [0.2, 0.25) is 15.9 Å². The highest BCUT2D eigenvalue weighted by Gasteiger charge is 2.22. The van der Waals surface area contributed by atoms with Crippen molar-refractivity contribution in [2.75, 3.05) is 29.0 Å². The van der Waals surface area contributed by atoms with E-state index in [1.165, 1.54) is 11.2 Å². The fraction of sp³-hybridized carbons (Fsp3) is 0.316. The number of carbonyl (C=O) groups is 1. The number of carbonyl (C=O) groups excluding carboxylic acids is 1. The van der Waals surface area contributed by atoms with Crippen molar-refractivity contribution < 1.29 is 23.1 Å². The number of anilines is 2. The fourth-order valence-corrected chi connectivity index (χ4v) is 3.53. The summed E-state index contributed by atoms with van der Waals surface area (Å²) in [5.74, 6) is 0.334. The number of nitrogens with one attached hydrogen (secondary N) is 1. The van der Waals surface area contributed by atoms with Crippen molar-refractivity contribution >= 4 is 27.3 Å². The number of benzene rings is 2. The van der Waals surface area contributed by atoms with Gasteiger partial charge in [0.25, 0.3) is 0 Å². The largest absolute Gasteiger partial charge is 0.491 e. The van der Waals surface area contributed by atoms with Crippen LogP contribution in [-0.2, 0) is 14.8 Å². The zero-order chi connectivity index (χ0) is 20.0. The van der Waals surface area contributed by atoms with Crippen LogP contribution in [0.2, 0.25) is 0 Å². The van der Waals surface area contributed by atoms with Gasteiger partial charge < -0.3 is 15.2 Å². The first-order chi connectivity index (χ1) is 12.7. The Bertz CT molecular complexity index is 881. The van der Waals surface area contributed by atoms with Crippen LogP contribution in [0.5, 0.6) is 5.75 Å². The summed E-state index contributed by atoms with van der Waals surface area (Å²) in [6.07, 6.45) is 0.0858. The normalized spacial score (nSPS) is 12.3. The number of aryl methyl sites for hydroxylation is 1. The third-order valence-electron chi connectivity index (χ3n) is 3.78. The van der Waals surface area contributed by atoms with E-state index in [9.17, 15) is 18.3 Å². The molecule has 0 aliphatic carbocycles. The number of para-hydroxylation sites is 1. The first kappa shape index (κ1) is 20.7. The van der Waals surface area contributed by atoms with Crippen molar-refractivity contribution in [3.63, 3.8) is 0 Å². The summed E-state index contributed by atoms with van der Waals surface area (Å²) in [7, 11) is -3.56. The van der Waals surface area contributed by atoms with Crippen molar-refractivity contribution in [2.45, 2.75) is 20.0 Å². The second-order valence-corrected chi connectivity index (χ2v) is 8.16. The van der Waals surface area contributed by atoms with E-state index in [2.05, 4.69) is 5.32 Å². The van der Waals surface area contributed by atoms with Gasteiger partial charge in [-0.05, 0) is 42.8 Å². The molecule has 0 heterocycles. The van der Waals surface area contributed by atoms with Gasteiger partial charge in [0.1, 0.15) is 18.5 Å². The Kier molecular flexibility index (Phi) is 6.81. The maximum Gasteiger partial charge on any atom is 0.232 e. The molecule has 2 rings (SSSR count). The van der Waals surface area contributed by atoms with Gasteiger partial charge in [0, 0.05) is 12.6 Å². The van der Waals surface area contributed by atoms with Crippen molar-refractivity contribution in [3.05, 3.63) is 54.1 Å². The molecule has 0 aliphatic heterocycles. The molecule has 8 heteroatoms. The van der Waals surface area contributed by atoms with Gasteiger partial charge in [-0.1, -0.05) is 18.2 Å². The molecular weight excluding hydrogens is 368 g/mol. The Balaban J connectivity index is 2.01. The van der Waals surface area contributed by atoms with Crippen molar-refractivity contribution in [3.8, 4) is 5.75 Å². The quantitative estimate of drug-likeness (QED) is 0.718.